The van der Waals surface area contributed by atoms with Crippen LogP contribution in [0.2, 0.25) is 0 Å². The van der Waals surface area contributed by atoms with Gasteiger partial charge < -0.3 is 20.5 Å². The Morgan fingerprint density at radius 2 is 2.13 bits per heavy atom. The fraction of sp³-hybridized carbons (Fsp3) is 0.333. The molecule has 31 heavy (non-hydrogen) atoms. The summed E-state index contributed by atoms with van der Waals surface area (Å²) in [6.07, 6.45) is 4.24. The fourth-order valence-corrected chi connectivity index (χ4v) is 4.54. The zero-order valence-corrected chi connectivity index (χ0v) is 18.3. The molecule has 0 saturated heterocycles. The Morgan fingerprint density at radius 1 is 1.29 bits per heavy atom. The molecule has 8 nitrogen and oxygen atoms in total. The van der Waals surface area contributed by atoms with E-state index in [1.165, 1.54) is 13.2 Å². The van der Waals surface area contributed by atoms with Gasteiger partial charge in [0.15, 0.2) is 11.6 Å². The van der Waals surface area contributed by atoms with Gasteiger partial charge in [0.25, 0.3) is 0 Å². The number of rotatable bonds is 7. The fourth-order valence-electron chi connectivity index (χ4n) is 3.67. The van der Waals surface area contributed by atoms with E-state index in [1.807, 2.05) is 23.9 Å². The normalized spacial score (nSPS) is 14.2. The molecular formula is C21H25FN6O2S. The lowest BCUT2D eigenvalue weighted by Crippen LogP contribution is -2.28. The predicted octanol–water partition coefficient (Wildman–Crippen LogP) is 2.93. The van der Waals surface area contributed by atoms with E-state index in [0.717, 1.165) is 36.3 Å². The molecule has 164 valence electrons. The van der Waals surface area contributed by atoms with Crippen LogP contribution in [0.25, 0.3) is 22.3 Å². The van der Waals surface area contributed by atoms with Crippen molar-refractivity contribution in [1.82, 2.24) is 20.1 Å². The molecule has 1 atom stereocenters. The largest absolute Gasteiger partial charge is 0.492 e. The Bertz CT molecular complexity index is 1130. The summed E-state index contributed by atoms with van der Waals surface area (Å²) in [4.78, 5) is 4.34. The number of nitrogens with two attached hydrogens (primary N) is 1. The van der Waals surface area contributed by atoms with Crippen molar-refractivity contribution in [3.05, 3.63) is 42.1 Å². The van der Waals surface area contributed by atoms with Gasteiger partial charge >= 0.3 is 0 Å². The third-order valence-electron chi connectivity index (χ3n) is 5.14. The summed E-state index contributed by atoms with van der Waals surface area (Å²) in [6, 6.07) is 4.91. The molecule has 4 N–H and O–H groups in total. The van der Waals surface area contributed by atoms with Gasteiger partial charge in [-0.25, -0.2) is 13.6 Å². The molecule has 0 radical (unpaired) electrons. The lowest BCUT2D eigenvalue weighted by atomic mass is 10.00. The van der Waals surface area contributed by atoms with Crippen molar-refractivity contribution in [2.75, 3.05) is 29.9 Å². The molecule has 4 rings (SSSR count). The number of benzene rings is 1. The Morgan fingerprint density at radius 3 is 2.90 bits per heavy atom. The van der Waals surface area contributed by atoms with E-state index >= 15 is 0 Å². The van der Waals surface area contributed by atoms with Gasteiger partial charge in [0.2, 0.25) is 0 Å². The van der Waals surface area contributed by atoms with Crippen LogP contribution in [0.5, 0.6) is 5.75 Å². The summed E-state index contributed by atoms with van der Waals surface area (Å²) in [5.74, 6) is 0.142. The number of anilines is 2. The van der Waals surface area contributed by atoms with Crippen molar-refractivity contribution < 1.29 is 13.3 Å². The summed E-state index contributed by atoms with van der Waals surface area (Å²) < 4.78 is 37.0. The van der Waals surface area contributed by atoms with Gasteiger partial charge in [-0.1, -0.05) is 6.92 Å². The van der Waals surface area contributed by atoms with Crippen LogP contribution < -0.4 is 20.5 Å². The van der Waals surface area contributed by atoms with E-state index in [4.69, 9.17) is 10.5 Å². The first-order valence-corrected chi connectivity index (χ1v) is 11.4. The van der Waals surface area contributed by atoms with E-state index in [9.17, 15) is 8.60 Å². The second-order valence-corrected chi connectivity index (χ2v) is 8.56. The van der Waals surface area contributed by atoms with E-state index in [1.54, 1.807) is 12.3 Å². The number of hydrogen-bond donors (Lipinski definition) is 3. The van der Waals surface area contributed by atoms with Crippen LogP contribution in [-0.4, -0.2) is 38.4 Å². The smallest absolute Gasteiger partial charge is 0.178 e. The average Bonchev–Trinajstić information content (AvgIpc) is 3.18. The van der Waals surface area contributed by atoms with Crippen molar-refractivity contribution in [2.24, 2.45) is 0 Å². The third kappa shape index (κ3) is 4.26. The molecule has 3 heterocycles. The lowest BCUT2D eigenvalue weighted by Gasteiger charge is -2.17. The summed E-state index contributed by atoms with van der Waals surface area (Å²) in [5.41, 5.74) is 10.4. The predicted molar refractivity (Wildman–Crippen MR) is 120 cm³/mol. The molecule has 10 heteroatoms. The lowest BCUT2D eigenvalue weighted by molar-refractivity contribution is 0.389. The van der Waals surface area contributed by atoms with E-state index in [0.29, 0.717) is 29.1 Å². The topological polar surface area (TPSA) is 107 Å². The van der Waals surface area contributed by atoms with Crippen LogP contribution in [0, 0.1) is 5.82 Å². The number of pyridine rings is 1. The molecule has 2 aromatic heterocycles. The van der Waals surface area contributed by atoms with Crippen molar-refractivity contribution >= 4 is 22.5 Å². The molecule has 1 unspecified atom stereocenters. The highest BCUT2D eigenvalue weighted by Gasteiger charge is 2.19. The Labute approximate surface area is 182 Å². The summed E-state index contributed by atoms with van der Waals surface area (Å²) in [6.45, 7) is 4.32. The number of nitrogens with one attached hydrogen (secondary N) is 2. The average molecular weight is 445 g/mol. The van der Waals surface area contributed by atoms with Crippen LogP contribution >= 0.6 is 0 Å². The molecule has 1 aliphatic rings. The molecule has 0 spiro atoms. The van der Waals surface area contributed by atoms with Crippen molar-refractivity contribution in [3.63, 3.8) is 0 Å². The molecule has 1 aliphatic heterocycles. The molecule has 1 aromatic carbocycles. The minimum absolute atomic E-state index is 0.00710. The maximum absolute atomic E-state index is 14.8. The molecule has 0 bridgehead atoms. The van der Waals surface area contributed by atoms with Gasteiger partial charge in [0, 0.05) is 41.7 Å². The number of ether oxygens (including phenoxy) is 1. The van der Waals surface area contributed by atoms with Crippen molar-refractivity contribution in [2.45, 2.75) is 26.4 Å². The third-order valence-corrected chi connectivity index (χ3v) is 6.37. The molecule has 0 saturated carbocycles. The van der Waals surface area contributed by atoms with Gasteiger partial charge in [-0.05, 0) is 30.2 Å². The van der Waals surface area contributed by atoms with Gasteiger partial charge in [0.1, 0.15) is 16.8 Å². The maximum Gasteiger partial charge on any atom is 0.178 e. The summed E-state index contributed by atoms with van der Waals surface area (Å²) >= 11 is 0. The molecule has 0 amide bonds. The Kier molecular flexibility index (Phi) is 6.19. The van der Waals surface area contributed by atoms with Crippen LogP contribution in [0.1, 0.15) is 19.0 Å². The van der Waals surface area contributed by atoms with Crippen molar-refractivity contribution in [3.8, 4) is 28.0 Å². The monoisotopic (exact) mass is 444 g/mol. The minimum atomic E-state index is -1.35. The van der Waals surface area contributed by atoms with Crippen LogP contribution in [0.3, 0.4) is 0 Å². The second kappa shape index (κ2) is 9.03. The zero-order chi connectivity index (χ0) is 22.0. The highest BCUT2D eigenvalue weighted by molar-refractivity contribution is 7.86. The highest BCUT2D eigenvalue weighted by atomic mass is 32.2. The number of halogens is 1. The number of fused-ring (bicyclic) bond motifs is 1. The minimum Gasteiger partial charge on any atom is -0.492 e. The SMILES string of the molecule is CCCS(=O)Nc1cc(-c2cc(-c3cnn4c3CNCC4)cnc2N)cc(F)c1OC. The molecule has 0 fully saturated rings. The quantitative estimate of drug-likeness (QED) is 0.517. The number of hydrogen-bond acceptors (Lipinski definition) is 6. The van der Waals surface area contributed by atoms with Crippen LogP contribution in [0.15, 0.2) is 30.6 Å². The number of aromatic nitrogens is 3. The first kappa shape index (κ1) is 21.3. The first-order valence-electron chi connectivity index (χ1n) is 10.1. The maximum atomic E-state index is 14.8. The first-order chi connectivity index (χ1) is 15.0. The summed E-state index contributed by atoms with van der Waals surface area (Å²) in [5, 5.41) is 7.80. The van der Waals surface area contributed by atoms with Gasteiger partial charge in [-0.15, -0.1) is 0 Å². The number of nitrogen functional groups attached to an aromatic ring is 1. The Hall–Kier alpha value is -2.98. The van der Waals surface area contributed by atoms with Gasteiger partial charge in [-0.3, -0.25) is 4.68 Å². The number of methoxy groups -OCH3 is 1. The second-order valence-electron chi connectivity index (χ2n) is 7.25. The van der Waals surface area contributed by atoms with Crippen LogP contribution in [-0.2, 0) is 24.1 Å². The van der Waals surface area contributed by atoms with E-state index in [2.05, 4.69) is 20.1 Å². The van der Waals surface area contributed by atoms with Crippen molar-refractivity contribution in [1.29, 1.82) is 0 Å². The number of nitrogens with zero attached hydrogens (tertiary/aromatic N) is 3. The van der Waals surface area contributed by atoms with E-state index < -0.39 is 16.8 Å². The Balaban J connectivity index is 1.77. The molecule has 0 aliphatic carbocycles. The summed E-state index contributed by atoms with van der Waals surface area (Å²) in [7, 11) is 0.0217. The standard InChI is InChI=1S/C21H25FN6O2S/c1-3-6-31(29)27-18-9-13(8-17(22)20(18)30-2)15-7-14(10-25-21(15)23)16-11-26-28-5-4-24-12-19(16)28/h7-11,24,27H,3-6,12H2,1-2H3,(H2,23,25). The van der Waals surface area contributed by atoms with Gasteiger partial charge in [0.05, 0.1) is 31.2 Å². The molecular weight excluding hydrogens is 419 g/mol. The zero-order valence-electron chi connectivity index (χ0n) is 17.4. The van der Waals surface area contributed by atoms with E-state index in [-0.39, 0.29) is 11.6 Å². The highest BCUT2D eigenvalue weighted by Crippen LogP contribution is 2.37. The van der Waals surface area contributed by atoms with Gasteiger partial charge in [-0.2, -0.15) is 5.10 Å². The van der Waals surface area contributed by atoms with Crippen LogP contribution in [0.4, 0.5) is 15.9 Å². The molecule has 3 aromatic rings.